The van der Waals surface area contributed by atoms with Crippen molar-refractivity contribution in [1.29, 1.82) is 0 Å². The molecule has 1 aromatic carbocycles. The van der Waals surface area contributed by atoms with E-state index in [0.29, 0.717) is 0 Å². The van der Waals surface area contributed by atoms with E-state index in [1.54, 1.807) is 7.11 Å². The number of benzene rings is 1. The Balaban J connectivity index is 2.55. The fourth-order valence-electron chi connectivity index (χ4n) is 2.21. The molecule has 15 heavy (non-hydrogen) atoms. The van der Waals surface area contributed by atoms with Gasteiger partial charge >= 0.3 is 0 Å². The summed E-state index contributed by atoms with van der Waals surface area (Å²) in [6, 6.07) is 3.91. The van der Waals surface area contributed by atoms with Crippen LogP contribution in [0.15, 0.2) is 16.6 Å². The van der Waals surface area contributed by atoms with Crippen LogP contribution in [0.2, 0.25) is 0 Å². The van der Waals surface area contributed by atoms with Crippen LogP contribution in [-0.2, 0) is 6.42 Å². The Bertz CT molecular complexity index is 363. The van der Waals surface area contributed by atoms with Crippen LogP contribution >= 0.6 is 15.9 Å². The lowest BCUT2D eigenvalue weighted by Gasteiger charge is -2.16. The van der Waals surface area contributed by atoms with Crippen molar-refractivity contribution >= 4 is 15.9 Å². The molecule has 2 rings (SSSR count). The summed E-state index contributed by atoms with van der Waals surface area (Å²) in [7, 11) is 1.68. The van der Waals surface area contributed by atoms with Crippen molar-refractivity contribution in [2.75, 3.05) is 7.11 Å². The average molecular weight is 271 g/mol. The van der Waals surface area contributed by atoms with Gasteiger partial charge in [-0.3, -0.25) is 0 Å². The van der Waals surface area contributed by atoms with Gasteiger partial charge in [-0.15, -0.1) is 0 Å². The summed E-state index contributed by atoms with van der Waals surface area (Å²) < 4.78 is 6.33. The van der Waals surface area contributed by atoms with Crippen molar-refractivity contribution in [2.24, 2.45) is 0 Å². The number of methoxy groups -OCH3 is 1. The van der Waals surface area contributed by atoms with Crippen LogP contribution in [0.3, 0.4) is 0 Å². The van der Waals surface area contributed by atoms with Crippen molar-refractivity contribution in [2.45, 2.75) is 31.8 Å². The Morgan fingerprint density at radius 1 is 1.40 bits per heavy atom. The normalized spacial score (nSPS) is 20.6. The van der Waals surface area contributed by atoms with Gasteiger partial charge in [0.1, 0.15) is 5.75 Å². The molecule has 1 atom stereocenters. The number of halogens is 1. The second-order valence-corrected chi connectivity index (χ2v) is 4.76. The van der Waals surface area contributed by atoms with E-state index in [2.05, 4.69) is 15.9 Å². The molecule has 0 aliphatic heterocycles. The molecular weight excluding hydrogens is 256 g/mol. The zero-order valence-electron chi connectivity index (χ0n) is 8.79. The SMILES string of the molecule is COc1ccc(Br)c2c1CCCCC2O. The molecule has 0 radical (unpaired) electrons. The maximum atomic E-state index is 10.1. The first kappa shape index (κ1) is 11.0. The molecule has 82 valence electrons. The molecule has 3 heteroatoms. The van der Waals surface area contributed by atoms with E-state index in [9.17, 15) is 5.11 Å². The molecule has 0 saturated heterocycles. The molecule has 2 nitrogen and oxygen atoms in total. The minimum atomic E-state index is -0.355. The smallest absolute Gasteiger partial charge is 0.122 e. The van der Waals surface area contributed by atoms with Gasteiger partial charge in [-0.05, 0) is 31.4 Å². The number of aliphatic hydroxyl groups excluding tert-OH is 1. The zero-order chi connectivity index (χ0) is 10.8. The van der Waals surface area contributed by atoms with Crippen LogP contribution in [0.5, 0.6) is 5.75 Å². The minimum Gasteiger partial charge on any atom is -0.496 e. The lowest BCUT2D eigenvalue weighted by molar-refractivity contribution is 0.165. The predicted molar refractivity (Wildman–Crippen MR) is 63.2 cm³/mol. The van der Waals surface area contributed by atoms with Crippen LogP contribution in [-0.4, -0.2) is 12.2 Å². The summed E-state index contributed by atoms with van der Waals surface area (Å²) in [4.78, 5) is 0. The molecular formula is C12H15BrO2. The fraction of sp³-hybridized carbons (Fsp3) is 0.500. The summed E-state index contributed by atoms with van der Waals surface area (Å²) in [5.74, 6) is 0.897. The maximum Gasteiger partial charge on any atom is 0.122 e. The van der Waals surface area contributed by atoms with Gasteiger partial charge in [0.15, 0.2) is 0 Å². The van der Waals surface area contributed by atoms with Crippen molar-refractivity contribution in [1.82, 2.24) is 0 Å². The van der Waals surface area contributed by atoms with Crippen LogP contribution in [0.1, 0.15) is 36.5 Å². The predicted octanol–water partition coefficient (Wildman–Crippen LogP) is 3.22. The van der Waals surface area contributed by atoms with E-state index < -0.39 is 0 Å². The summed E-state index contributed by atoms with van der Waals surface area (Å²) in [6.07, 6.45) is 3.68. The van der Waals surface area contributed by atoms with Crippen LogP contribution < -0.4 is 4.74 Å². The van der Waals surface area contributed by atoms with Gasteiger partial charge in [0.05, 0.1) is 13.2 Å². The second kappa shape index (κ2) is 4.54. The lowest BCUT2D eigenvalue weighted by Crippen LogP contribution is -2.02. The molecule has 1 aliphatic carbocycles. The number of hydrogen-bond acceptors (Lipinski definition) is 2. The quantitative estimate of drug-likeness (QED) is 0.795. The highest BCUT2D eigenvalue weighted by Gasteiger charge is 2.21. The third kappa shape index (κ3) is 2.04. The van der Waals surface area contributed by atoms with Gasteiger partial charge in [0, 0.05) is 15.6 Å². The first-order chi connectivity index (χ1) is 7.24. The van der Waals surface area contributed by atoms with Gasteiger partial charge in [-0.2, -0.15) is 0 Å². The first-order valence-electron chi connectivity index (χ1n) is 5.27. The monoisotopic (exact) mass is 270 g/mol. The third-order valence-corrected chi connectivity index (χ3v) is 3.66. The molecule has 1 N–H and O–H groups in total. The third-order valence-electron chi connectivity index (χ3n) is 2.97. The molecule has 0 saturated carbocycles. The Kier molecular flexibility index (Phi) is 3.32. The second-order valence-electron chi connectivity index (χ2n) is 3.90. The largest absolute Gasteiger partial charge is 0.496 e. The fourth-order valence-corrected chi connectivity index (χ4v) is 2.85. The summed E-state index contributed by atoms with van der Waals surface area (Å²) in [6.45, 7) is 0. The highest BCUT2D eigenvalue weighted by Crippen LogP contribution is 2.38. The standard InChI is InChI=1S/C12H15BrO2/c1-15-11-7-6-9(13)12-8(11)4-2-3-5-10(12)14/h6-7,10,14H,2-5H2,1H3. The van der Waals surface area contributed by atoms with E-state index in [1.165, 1.54) is 0 Å². The van der Waals surface area contributed by atoms with E-state index in [0.717, 1.165) is 47.0 Å². The van der Waals surface area contributed by atoms with Crippen molar-refractivity contribution in [3.8, 4) is 5.75 Å². The van der Waals surface area contributed by atoms with Crippen molar-refractivity contribution < 1.29 is 9.84 Å². The highest BCUT2D eigenvalue weighted by atomic mass is 79.9. The van der Waals surface area contributed by atoms with Crippen molar-refractivity contribution in [3.63, 3.8) is 0 Å². The van der Waals surface area contributed by atoms with Gasteiger partial charge in [0.2, 0.25) is 0 Å². The van der Waals surface area contributed by atoms with E-state index in [4.69, 9.17) is 4.74 Å². The number of rotatable bonds is 1. The van der Waals surface area contributed by atoms with Crippen LogP contribution in [0.25, 0.3) is 0 Å². The first-order valence-corrected chi connectivity index (χ1v) is 6.06. The highest BCUT2D eigenvalue weighted by molar-refractivity contribution is 9.10. The zero-order valence-corrected chi connectivity index (χ0v) is 10.4. The Hall–Kier alpha value is -0.540. The van der Waals surface area contributed by atoms with E-state index in [1.807, 2.05) is 12.1 Å². The lowest BCUT2D eigenvalue weighted by atomic mass is 10.00. The van der Waals surface area contributed by atoms with Gasteiger partial charge in [0.25, 0.3) is 0 Å². The summed E-state index contributed by atoms with van der Waals surface area (Å²) in [5, 5.41) is 10.1. The summed E-state index contributed by atoms with van der Waals surface area (Å²) in [5.41, 5.74) is 2.18. The molecule has 0 heterocycles. The molecule has 0 bridgehead atoms. The topological polar surface area (TPSA) is 29.5 Å². The van der Waals surface area contributed by atoms with Crippen LogP contribution in [0.4, 0.5) is 0 Å². The number of hydrogen-bond donors (Lipinski definition) is 1. The van der Waals surface area contributed by atoms with E-state index in [-0.39, 0.29) is 6.10 Å². The van der Waals surface area contributed by atoms with Crippen molar-refractivity contribution in [3.05, 3.63) is 27.7 Å². The number of fused-ring (bicyclic) bond motifs is 1. The van der Waals surface area contributed by atoms with Crippen LogP contribution in [0, 0.1) is 0 Å². The van der Waals surface area contributed by atoms with Gasteiger partial charge < -0.3 is 9.84 Å². The number of ether oxygens (including phenoxy) is 1. The Labute approximate surface area is 98.4 Å². The average Bonchev–Trinajstić information content (AvgIpc) is 2.42. The minimum absolute atomic E-state index is 0.355. The molecule has 0 fully saturated rings. The molecule has 1 unspecified atom stereocenters. The molecule has 0 spiro atoms. The Morgan fingerprint density at radius 3 is 2.93 bits per heavy atom. The van der Waals surface area contributed by atoms with Gasteiger partial charge in [-0.1, -0.05) is 22.4 Å². The maximum absolute atomic E-state index is 10.1. The molecule has 1 aromatic rings. The van der Waals surface area contributed by atoms with E-state index >= 15 is 0 Å². The number of aliphatic hydroxyl groups is 1. The summed E-state index contributed by atoms with van der Waals surface area (Å²) >= 11 is 3.50. The molecule has 0 aromatic heterocycles. The molecule has 0 amide bonds. The molecule has 1 aliphatic rings. The Morgan fingerprint density at radius 2 is 2.20 bits per heavy atom. The van der Waals surface area contributed by atoms with Gasteiger partial charge in [-0.25, -0.2) is 0 Å².